The molecule has 3 N–H and O–H groups in total. The maximum atomic E-state index is 13.7. The molecule has 0 aliphatic carbocycles. The Bertz CT molecular complexity index is 1150. The maximum Gasteiger partial charge on any atom is 0.420 e. The van der Waals surface area contributed by atoms with Gasteiger partial charge in [0.15, 0.2) is 16.5 Å². The Hall–Kier alpha value is -3.13. The third-order valence-electron chi connectivity index (χ3n) is 4.40. The molecule has 1 fully saturated rings. The number of carbonyl (C=O) groups is 2. The second-order valence-corrected chi connectivity index (χ2v) is 8.64. The Morgan fingerprint density at radius 1 is 1.25 bits per heavy atom. The fraction of sp³-hybridized carbons (Fsp3) is 0.353. The van der Waals surface area contributed by atoms with Crippen molar-refractivity contribution in [1.82, 2.24) is 15.0 Å². The molecule has 3 heterocycles. The number of halogens is 3. The summed E-state index contributed by atoms with van der Waals surface area (Å²) >= 11 is 5.90. The number of anilines is 2. The highest BCUT2D eigenvalue weighted by Crippen LogP contribution is 2.31. The van der Waals surface area contributed by atoms with Gasteiger partial charge in [0, 0.05) is 43.9 Å². The van der Waals surface area contributed by atoms with Gasteiger partial charge < -0.3 is 20.1 Å². The number of pyridine rings is 1. The van der Waals surface area contributed by atoms with Gasteiger partial charge in [-0.05, 0) is 12.5 Å². The van der Waals surface area contributed by atoms with E-state index in [0.29, 0.717) is 0 Å². The van der Waals surface area contributed by atoms with E-state index in [1.807, 2.05) is 0 Å². The summed E-state index contributed by atoms with van der Waals surface area (Å²) in [4.78, 5) is 36.7. The van der Waals surface area contributed by atoms with Crippen LogP contribution in [0.4, 0.5) is 25.1 Å². The number of carbonyl (C=O) groups excluding carboxylic acids is 2. The highest BCUT2D eigenvalue weighted by atomic mass is 35.5. The standard InChI is InChI=1S/C17H17ClF2N6O5S/c18-11-9-23-13(14(25-11)26-6-1-3-17(19,20)4-7-26)15(27)24-10-2-5-22-12(8-10)32(29,30)31-16(21)28/h2,5,8-9H,1,3-4,6-7H2,(H2,21,28)(H,22,24,27). The van der Waals surface area contributed by atoms with Gasteiger partial charge in [-0.2, -0.15) is 8.42 Å². The van der Waals surface area contributed by atoms with Crippen LogP contribution in [0.1, 0.15) is 29.8 Å². The molecule has 0 aromatic carbocycles. The Morgan fingerprint density at radius 2 is 2.00 bits per heavy atom. The third-order valence-corrected chi connectivity index (χ3v) is 5.70. The monoisotopic (exact) mass is 490 g/mol. The van der Waals surface area contributed by atoms with Crippen LogP contribution in [0.25, 0.3) is 0 Å². The highest BCUT2D eigenvalue weighted by Gasteiger charge is 2.33. The van der Waals surface area contributed by atoms with Gasteiger partial charge in [-0.15, -0.1) is 0 Å². The van der Waals surface area contributed by atoms with Gasteiger partial charge >= 0.3 is 16.2 Å². The number of nitrogens with zero attached hydrogens (tertiary/aromatic N) is 4. The van der Waals surface area contributed by atoms with Crippen LogP contribution >= 0.6 is 11.6 Å². The lowest BCUT2D eigenvalue weighted by molar-refractivity contribution is -0.0102. The van der Waals surface area contributed by atoms with Crippen LogP contribution in [0, 0.1) is 0 Å². The van der Waals surface area contributed by atoms with Crippen molar-refractivity contribution >= 4 is 45.2 Å². The second-order valence-electron chi connectivity index (χ2n) is 6.75. The Kier molecular flexibility index (Phi) is 6.74. The molecule has 0 spiro atoms. The second kappa shape index (κ2) is 9.16. The zero-order chi connectivity index (χ0) is 23.5. The van der Waals surface area contributed by atoms with Crippen molar-refractivity contribution in [3.63, 3.8) is 0 Å². The van der Waals surface area contributed by atoms with Gasteiger partial charge in [-0.3, -0.25) is 4.79 Å². The molecule has 2 aromatic rings. The summed E-state index contributed by atoms with van der Waals surface area (Å²) in [5.74, 6) is -3.60. The lowest BCUT2D eigenvalue weighted by Gasteiger charge is -2.23. The van der Waals surface area contributed by atoms with Gasteiger partial charge in [0.25, 0.3) is 5.91 Å². The van der Waals surface area contributed by atoms with E-state index in [1.165, 1.54) is 11.0 Å². The average molecular weight is 491 g/mol. The number of alkyl halides is 2. The quantitative estimate of drug-likeness (QED) is 0.599. The molecule has 1 aliphatic heterocycles. The van der Waals surface area contributed by atoms with E-state index in [-0.39, 0.29) is 48.3 Å². The van der Waals surface area contributed by atoms with Gasteiger partial charge in [0.2, 0.25) is 5.92 Å². The molecule has 0 radical (unpaired) electrons. The number of nitrogens with one attached hydrogen (secondary N) is 1. The van der Waals surface area contributed by atoms with Gasteiger partial charge in [-0.25, -0.2) is 28.5 Å². The summed E-state index contributed by atoms with van der Waals surface area (Å²) in [5.41, 5.74) is 4.50. The van der Waals surface area contributed by atoms with Crippen LogP contribution in [0.5, 0.6) is 0 Å². The van der Waals surface area contributed by atoms with E-state index in [0.717, 1.165) is 18.5 Å². The zero-order valence-electron chi connectivity index (χ0n) is 16.3. The Balaban J connectivity index is 1.86. The smallest absolute Gasteiger partial charge is 0.354 e. The summed E-state index contributed by atoms with van der Waals surface area (Å²) in [5, 5.41) is 1.71. The van der Waals surface area contributed by atoms with Crippen LogP contribution in [0.2, 0.25) is 5.15 Å². The predicted molar refractivity (Wildman–Crippen MR) is 108 cm³/mol. The fourth-order valence-corrected chi connectivity index (χ4v) is 3.87. The van der Waals surface area contributed by atoms with E-state index < -0.39 is 39.5 Å². The first kappa shape index (κ1) is 23.5. The van der Waals surface area contributed by atoms with Crippen LogP contribution in [-0.2, 0) is 14.3 Å². The van der Waals surface area contributed by atoms with E-state index in [1.54, 1.807) is 0 Å². The van der Waals surface area contributed by atoms with Crippen molar-refractivity contribution in [1.29, 1.82) is 0 Å². The molecular weight excluding hydrogens is 474 g/mol. The highest BCUT2D eigenvalue weighted by molar-refractivity contribution is 7.87. The minimum atomic E-state index is -4.59. The molecular formula is C17H17ClF2N6O5S. The molecule has 0 bridgehead atoms. The van der Waals surface area contributed by atoms with E-state index in [9.17, 15) is 26.8 Å². The van der Waals surface area contributed by atoms with Crippen molar-refractivity contribution in [3.05, 3.63) is 35.4 Å². The van der Waals surface area contributed by atoms with Crippen LogP contribution in [0.3, 0.4) is 0 Å². The summed E-state index contributed by atoms with van der Waals surface area (Å²) in [7, 11) is -4.59. The zero-order valence-corrected chi connectivity index (χ0v) is 17.9. The first-order valence-electron chi connectivity index (χ1n) is 9.13. The van der Waals surface area contributed by atoms with Crippen LogP contribution < -0.4 is 16.0 Å². The Labute approximate surface area is 186 Å². The average Bonchev–Trinajstić information content (AvgIpc) is 2.87. The molecule has 3 rings (SSSR count). The summed E-state index contributed by atoms with van der Waals surface area (Å²) in [6.45, 7) is 0.150. The molecule has 11 nitrogen and oxygen atoms in total. The molecule has 32 heavy (non-hydrogen) atoms. The molecule has 0 saturated carbocycles. The van der Waals surface area contributed by atoms with Crippen molar-refractivity contribution < 1.29 is 31.0 Å². The van der Waals surface area contributed by atoms with Gasteiger partial charge in [0.1, 0.15) is 5.15 Å². The van der Waals surface area contributed by atoms with E-state index >= 15 is 0 Å². The molecule has 172 valence electrons. The topological polar surface area (TPSA) is 157 Å². The first-order valence-corrected chi connectivity index (χ1v) is 10.9. The largest absolute Gasteiger partial charge is 0.420 e. The van der Waals surface area contributed by atoms with E-state index in [4.69, 9.17) is 17.3 Å². The van der Waals surface area contributed by atoms with Crippen molar-refractivity contribution in [2.45, 2.75) is 30.2 Å². The predicted octanol–water partition coefficient (Wildman–Crippen LogP) is 2.19. The number of nitrogens with two attached hydrogens (primary N) is 1. The lowest BCUT2D eigenvalue weighted by atomic mass is 10.1. The number of primary amides is 1. The molecule has 15 heteroatoms. The van der Waals surface area contributed by atoms with Crippen LogP contribution in [0.15, 0.2) is 29.6 Å². The normalized spacial score (nSPS) is 16.2. The first-order chi connectivity index (χ1) is 15.0. The van der Waals surface area contributed by atoms with E-state index in [2.05, 4.69) is 24.5 Å². The molecule has 2 aromatic heterocycles. The number of amides is 2. The molecule has 0 atom stereocenters. The number of aromatic nitrogens is 3. The molecule has 0 unspecified atom stereocenters. The summed E-state index contributed by atoms with van der Waals surface area (Å²) in [6.07, 6.45) is 0.0841. The van der Waals surface area contributed by atoms with Crippen molar-refractivity contribution in [3.8, 4) is 0 Å². The third kappa shape index (κ3) is 5.76. The number of rotatable bonds is 5. The molecule has 2 amide bonds. The maximum absolute atomic E-state index is 13.7. The lowest BCUT2D eigenvalue weighted by Crippen LogP contribution is -2.30. The van der Waals surface area contributed by atoms with Crippen LogP contribution in [-0.4, -0.2) is 54.4 Å². The van der Waals surface area contributed by atoms with Crippen molar-refractivity contribution in [2.75, 3.05) is 23.3 Å². The minimum Gasteiger partial charge on any atom is -0.354 e. The Morgan fingerprint density at radius 3 is 2.72 bits per heavy atom. The summed E-state index contributed by atoms with van der Waals surface area (Å²) < 4.78 is 55.4. The SMILES string of the molecule is NC(=O)OS(=O)(=O)c1cc(NC(=O)c2ncc(Cl)nc2N2CCCC(F)(F)CC2)ccn1. The fourth-order valence-electron chi connectivity index (χ4n) is 2.98. The molecule has 1 aliphatic rings. The van der Waals surface area contributed by atoms with Gasteiger partial charge in [0.05, 0.1) is 6.20 Å². The summed E-state index contributed by atoms with van der Waals surface area (Å²) in [6, 6.07) is 2.21. The van der Waals surface area contributed by atoms with Crippen molar-refractivity contribution in [2.24, 2.45) is 5.73 Å². The number of hydrogen-bond acceptors (Lipinski definition) is 9. The minimum absolute atomic E-state index is 0.0201. The molecule has 1 saturated heterocycles. The van der Waals surface area contributed by atoms with Gasteiger partial charge in [-0.1, -0.05) is 11.6 Å². The number of hydrogen-bond donors (Lipinski definition) is 2.